The number of carbonyl (C=O) groups is 2. The molecule has 0 aromatic carbocycles. The predicted molar refractivity (Wildman–Crippen MR) is 127 cm³/mol. The molecule has 1 heterocycles. The summed E-state index contributed by atoms with van der Waals surface area (Å²) >= 11 is 0. The van der Waals surface area contributed by atoms with E-state index >= 15 is 0 Å². The molecular weight excluding hydrogens is 450 g/mol. The summed E-state index contributed by atoms with van der Waals surface area (Å²) in [5.41, 5.74) is -0.743. The molecule has 35 heavy (non-hydrogen) atoms. The lowest BCUT2D eigenvalue weighted by Gasteiger charge is -2.65. The van der Waals surface area contributed by atoms with Crippen LogP contribution in [0, 0.1) is 34.5 Å². The van der Waals surface area contributed by atoms with Gasteiger partial charge in [0.25, 0.3) is 0 Å². The smallest absolute Gasteiger partial charge is 0.409 e. The fraction of sp³-hybridized carbons (Fsp3) is 0.852. The second-order valence-corrected chi connectivity index (χ2v) is 12.2. The summed E-state index contributed by atoms with van der Waals surface area (Å²) in [4.78, 5) is 25.8. The van der Waals surface area contributed by atoms with Crippen LogP contribution in [-0.2, 0) is 14.3 Å². The molecule has 196 valence electrons. The zero-order valence-electron chi connectivity index (χ0n) is 21.2. The lowest BCUT2D eigenvalue weighted by atomic mass is 9.42. The SMILES string of the molecule is CN(C(=O)OCCO)[C@H]1CC[C@@]2(C)[C@H](CC[C@@H]3[C@@H]2C[C@@H](O)[C@]2(C)[C@@H](C4=CC(=O)OC4)CC[C@]32O)C1. The van der Waals surface area contributed by atoms with Gasteiger partial charge < -0.3 is 29.7 Å². The molecule has 1 aliphatic heterocycles. The Hall–Kier alpha value is -1.64. The van der Waals surface area contributed by atoms with Crippen LogP contribution < -0.4 is 0 Å². The number of amides is 1. The maximum absolute atomic E-state index is 12.4. The minimum Gasteiger partial charge on any atom is -0.458 e. The number of aliphatic hydroxyl groups excluding tert-OH is 2. The summed E-state index contributed by atoms with van der Waals surface area (Å²) in [6, 6.07) is 0.0976. The molecule has 5 rings (SSSR count). The molecule has 8 nitrogen and oxygen atoms in total. The largest absolute Gasteiger partial charge is 0.458 e. The van der Waals surface area contributed by atoms with Gasteiger partial charge in [0, 0.05) is 24.6 Å². The van der Waals surface area contributed by atoms with E-state index in [0.29, 0.717) is 18.8 Å². The summed E-state index contributed by atoms with van der Waals surface area (Å²) in [5, 5.41) is 32.9. The van der Waals surface area contributed by atoms with Gasteiger partial charge in [0.1, 0.15) is 13.2 Å². The van der Waals surface area contributed by atoms with Crippen molar-refractivity contribution in [1.29, 1.82) is 0 Å². The predicted octanol–water partition coefficient (Wildman–Crippen LogP) is 2.64. The van der Waals surface area contributed by atoms with Crippen molar-refractivity contribution >= 4 is 12.1 Å². The first-order valence-corrected chi connectivity index (χ1v) is 13.3. The highest BCUT2D eigenvalue weighted by atomic mass is 16.6. The van der Waals surface area contributed by atoms with Crippen molar-refractivity contribution in [2.45, 2.75) is 83.0 Å². The Morgan fingerprint density at radius 3 is 2.63 bits per heavy atom. The molecule has 0 radical (unpaired) electrons. The van der Waals surface area contributed by atoms with E-state index in [1.807, 2.05) is 6.92 Å². The van der Waals surface area contributed by atoms with E-state index in [1.54, 1.807) is 18.0 Å². The first kappa shape index (κ1) is 25.0. The topological polar surface area (TPSA) is 117 Å². The van der Waals surface area contributed by atoms with Crippen LogP contribution in [-0.4, -0.2) is 76.9 Å². The maximum Gasteiger partial charge on any atom is 0.409 e. The Morgan fingerprint density at radius 2 is 1.94 bits per heavy atom. The first-order valence-electron chi connectivity index (χ1n) is 13.3. The summed E-state index contributed by atoms with van der Waals surface area (Å²) < 4.78 is 10.3. The standard InChI is InChI=1S/C27H41NO7/c1-25-8-6-18(28(3)24(32)34-11-10-29)13-17(25)4-5-20-21(25)14-22(30)26(2)19(7-9-27(20,26)33)16-12-23(31)35-15-16/h12,17-22,29-30,33H,4-11,13-15H2,1-3H3/t17-,18+,19-,20-,21+,22-,25+,26+,27+/m1/s1. The number of cyclic esters (lactones) is 1. The molecule has 0 unspecified atom stereocenters. The number of rotatable bonds is 4. The van der Waals surface area contributed by atoms with Crippen LogP contribution in [0.2, 0.25) is 0 Å². The highest BCUT2D eigenvalue weighted by Crippen LogP contribution is 2.70. The van der Waals surface area contributed by atoms with E-state index < -0.39 is 17.1 Å². The van der Waals surface area contributed by atoms with E-state index in [2.05, 4.69) is 6.92 Å². The highest BCUT2D eigenvalue weighted by Gasteiger charge is 2.70. The molecule has 1 amide bonds. The van der Waals surface area contributed by atoms with Crippen LogP contribution in [0.25, 0.3) is 0 Å². The summed E-state index contributed by atoms with van der Waals surface area (Å²) in [6.07, 6.45) is 7.20. The Morgan fingerprint density at radius 1 is 1.17 bits per heavy atom. The molecule has 4 fully saturated rings. The molecule has 9 atom stereocenters. The fourth-order valence-electron chi connectivity index (χ4n) is 9.10. The number of ether oxygens (including phenoxy) is 2. The van der Waals surface area contributed by atoms with E-state index in [1.165, 1.54) is 0 Å². The summed E-state index contributed by atoms with van der Waals surface area (Å²) in [5.74, 6) is 0.379. The van der Waals surface area contributed by atoms with E-state index in [9.17, 15) is 19.8 Å². The van der Waals surface area contributed by atoms with Gasteiger partial charge in [0.15, 0.2) is 0 Å². The average molecular weight is 492 g/mol. The number of fused-ring (bicyclic) bond motifs is 5. The van der Waals surface area contributed by atoms with Crippen molar-refractivity contribution in [3.05, 3.63) is 11.6 Å². The van der Waals surface area contributed by atoms with Crippen molar-refractivity contribution in [2.75, 3.05) is 26.9 Å². The number of nitrogens with zero attached hydrogens (tertiary/aromatic N) is 1. The molecule has 0 bridgehead atoms. The maximum atomic E-state index is 12.4. The third-order valence-corrected chi connectivity index (χ3v) is 11.2. The van der Waals surface area contributed by atoms with Gasteiger partial charge in [-0.25, -0.2) is 9.59 Å². The van der Waals surface area contributed by atoms with Gasteiger partial charge in [-0.3, -0.25) is 0 Å². The molecule has 4 saturated carbocycles. The second-order valence-electron chi connectivity index (χ2n) is 12.2. The van der Waals surface area contributed by atoms with Gasteiger partial charge in [-0.2, -0.15) is 0 Å². The normalized spacial score (nSPS) is 46.7. The van der Waals surface area contributed by atoms with Gasteiger partial charge >= 0.3 is 12.1 Å². The molecule has 0 spiro atoms. The van der Waals surface area contributed by atoms with Crippen molar-refractivity contribution in [3.8, 4) is 0 Å². The van der Waals surface area contributed by atoms with Crippen molar-refractivity contribution < 1.29 is 34.4 Å². The zero-order valence-corrected chi connectivity index (χ0v) is 21.2. The third-order valence-electron chi connectivity index (χ3n) is 11.2. The number of esters is 1. The van der Waals surface area contributed by atoms with Crippen molar-refractivity contribution in [1.82, 2.24) is 4.90 Å². The van der Waals surface area contributed by atoms with Gasteiger partial charge in [-0.05, 0) is 86.0 Å². The van der Waals surface area contributed by atoms with Gasteiger partial charge in [-0.15, -0.1) is 0 Å². The minimum atomic E-state index is -0.970. The Bertz CT molecular complexity index is 906. The molecule has 0 aromatic rings. The fourth-order valence-corrected chi connectivity index (χ4v) is 9.10. The van der Waals surface area contributed by atoms with Crippen LogP contribution in [0.5, 0.6) is 0 Å². The lowest BCUT2D eigenvalue weighted by Crippen LogP contribution is -2.67. The number of hydrogen-bond acceptors (Lipinski definition) is 7. The van der Waals surface area contributed by atoms with Crippen LogP contribution in [0.4, 0.5) is 4.79 Å². The molecule has 5 aliphatic rings. The second kappa shape index (κ2) is 8.73. The molecule has 3 N–H and O–H groups in total. The minimum absolute atomic E-state index is 0.00289. The van der Waals surface area contributed by atoms with Crippen molar-refractivity contribution in [2.24, 2.45) is 34.5 Å². The monoisotopic (exact) mass is 491 g/mol. The quantitative estimate of drug-likeness (QED) is 0.518. The Kier molecular flexibility index (Phi) is 6.25. The molecular formula is C27H41NO7. The van der Waals surface area contributed by atoms with Crippen LogP contribution in [0.15, 0.2) is 11.6 Å². The number of carbonyl (C=O) groups excluding carboxylic acids is 2. The van der Waals surface area contributed by atoms with Gasteiger partial charge in [0.05, 0.1) is 18.3 Å². The van der Waals surface area contributed by atoms with Gasteiger partial charge in [-0.1, -0.05) is 13.8 Å². The lowest BCUT2D eigenvalue weighted by molar-refractivity contribution is -0.243. The number of hydrogen-bond donors (Lipinski definition) is 3. The van der Waals surface area contributed by atoms with Crippen molar-refractivity contribution in [3.63, 3.8) is 0 Å². The molecule has 0 saturated heterocycles. The third kappa shape index (κ3) is 3.57. The highest BCUT2D eigenvalue weighted by molar-refractivity contribution is 5.85. The zero-order chi connectivity index (χ0) is 25.2. The van der Waals surface area contributed by atoms with E-state index in [-0.39, 0.29) is 61.1 Å². The Labute approximate surface area is 207 Å². The first-order chi connectivity index (χ1) is 16.6. The summed E-state index contributed by atoms with van der Waals surface area (Å²) in [7, 11) is 1.78. The molecule has 8 heteroatoms. The van der Waals surface area contributed by atoms with E-state index in [4.69, 9.17) is 14.6 Å². The Balaban J connectivity index is 1.36. The van der Waals surface area contributed by atoms with Crippen LogP contribution in [0.1, 0.15) is 65.2 Å². The van der Waals surface area contributed by atoms with E-state index in [0.717, 1.165) is 44.1 Å². The van der Waals surface area contributed by atoms with Crippen LogP contribution >= 0.6 is 0 Å². The average Bonchev–Trinajstić information content (AvgIpc) is 3.38. The molecule has 4 aliphatic carbocycles. The number of aliphatic hydroxyl groups is 3. The summed E-state index contributed by atoms with van der Waals surface area (Å²) in [6.45, 7) is 4.47. The van der Waals surface area contributed by atoms with Crippen LogP contribution in [0.3, 0.4) is 0 Å². The molecule has 0 aromatic heterocycles. The van der Waals surface area contributed by atoms with Gasteiger partial charge in [0.2, 0.25) is 0 Å².